The summed E-state index contributed by atoms with van der Waals surface area (Å²) in [6.07, 6.45) is 5.24. The van der Waals surface area contributed by atoms with E-state index in [0.717, 1.165) is 41.3 Å². The van der Waals surface area contributed by atoms with Crippen LogP contribution in [-0.2, 0) is 10.3 Å². The van der Waals surface area contributed by atoms with Gasteiger partial charge in [-0.2, -0.15) is 4.99 Å². The molecule has 0 unspecified atom stereocenters. The lowest BCUT2D eigenvalue weighted by atomic mass is 9.85. The number of nitrogens with zero attached hydrogens (tertiary/aromatic N) is 1. The van der Waals surface area contributed by atoms with E-state index in [2.05, 4.69) is 20.9 Å². The quantitative estimate of drug-likeness (QED) is 0.682. The highest BCUT2D eigenvalue weighted by Crippen LogP contribution is 2.51. The van der Waals surface area contributed by atoms with E-state index in [1.54, 1.807) is 12.1 Å². The van der Waals surface area contributed by atoms with Gasteiger partial charge in [-0.25, -0.2) is 4.79 Å². The molecule has 4 nitrogen and oxygen atoms in total. The van der Waals surface area contributed by atoms with Crippen molar-refractivity contribution in [3.8, 4) is 11.5 Å². The van der Waals surface area contributed by atoms with Crippen LogP contribution in [0.4, 0.5) is 0 Å². The molecule has 1 saturated carbocycles. The number of hydrogen-bond donors (Lipinski definition) is 1. The van der Waals surface area contributed by atoms with Crippen LogP contribution in [0.3, 0.4) is 0 Å². The van der Waals surface area contributed by atoms with Crippen molar-refractivity contribution in [2.75, 3.05) is 7.11 Å². The Labute approximate surface area is 120 Å². The summed E-state index contributed by atoms with van der Waals surface area (Å²) in [5.41, 5.74) is 1.12. The number of halogens is 1. The van der Waals surface area contributed by atoms with Crippen LogP contribution >= 0.6 is 15.9 Å². The maximum absolute atomic E-state index is 10.8. The first-order valence-corrected chi connectivity index (χ1v) is 7.00. The van der Waals surface area contributed by atoms with Crippen LogP contribution in [0.2, 0.25) is 0 Å². The van der Waals surface area contributed by atoms with Crippen LogP contribution in [0.5, 0.6) is 11.5 Å². The maximum Gasteiger partial charge on any atom is 0.235 e. The summed E-state index contributed by atoms with van der Waals surface area (Å²) in [5, 5.41) is 10.0. The van der Waals surface area contributed by atoms with Crippen molar-refractivity contribution < 1.29 is 14.6 Å². The Kier molecular flexibility index (Phi) is 3.97. The van der Waals surface area contributed by atoms with E-state index in [4.69, 9.17) is 4.74 Å². The van der Waals surface area contributed by atoms with Gasteiger partial charge in [-0.05, 0) is 31.4 Å². The summed E-state index contributed by atoms with van der Waals surface area (Å²) < 4.78 is 6.12. The Balaban J connectivity index is 2.75. The number of aliphatic imine (C=N–C) groups is 1. The van der Waals surface area contributed by atoms with Gasteiger partial charge in [0, 0.05) is 10.0 Å². The van der Waals surface area contributed by atoms with E-state index >= 15 is 0 Å². The molecule has 1 fully saturated rings. The van der Waals surface area contributed by atoms with Crippen molar-refractivity contribution in [3.63, 3.8) is 0 Å². The highest BCUT2D eigenvalue weighted by atomic mass is 79.9. The number of methoxy groups -OCH3 is 1. The summed E-state index contributed by atoms with van der Waals surface area (Å²) in [7, 11) is 1.51. The van der Waals surface area contributed by atoms with Gasteiger partial charge in [-0.15, -0.1) is 0 Å². The predicted octanol–water partition coefficient (Wildman–Crippen LogP) is 3.58. The lowest BCUT2D eigenvalue weighted by molar-refractivity contribution is 0.348. The Morgan fingerprint density at radius 3 is 2.63 bits per heavy atom. The van der Waals surface area contributed by atoms with E-state index in [-0.39, 0.29) is 5.75 Å². The van der Waals surface area contributed by atoms with Gasteiger partial charge in [0.1, 0.15) is 5.54 Å². The molecule has 5 heteroatoms. The second-order valence-electron chi connectivity index (χ2n) is 4.85. The van der Waals surface area contributed by atoms with Crippen LogP contribution in [-0.4, -0.2) is 18.3 Å². The van der Waals surface area contributed by atoms with Crippen LogP contribution in [0.25, 0.3) is 0 Å². The van der Waals surface area contributed by atoms with Gasteiger partial charge >= 0.3 is 0 Å². The molecule has 0 amide bonds. The van der Waals surface area contributed by atoms with Gasteiger partial charge in [-0.3, -0.25) is 0 Å². The van der Waals surface area contributed by atoms with E-state index in [9.17, 15) is 9.90 Å². The second kappa shape index (κ2) is 5.35. The van der Waals surface area contributed by atoms with Gasteiger partial charge in [0.05, 0.1) is 7.11 Å². The zero-order valence-corrected chi connectivity index (χ0v) is 12.6. The Morgan fingerprint density at radius 1 is 1.47 bits per heavy atom. The monoisotopic (exact) mass is 325 g/mol. The molecule has 0 spiro atoms. The third-order valence-corrected chi connectivity index (χ3v) is 4.64. The fourth-order valence-electron chi connectivity index (χ4n) is 2.94. The number of phenols is 1. The van der Waals surface area contributed by atoms with Crippen LogP contribution in [0.15, 0.2) is 15.5 Å². The SMILES string of the molecule is COc1c(O)cc(Br)c(C)c1C1(N=C=O)CCCC1. The average molecular weight is 326 g/mol. The lowest BCUT2D eigenvalue weighted by Crippen LogP contribution is -2.21. The maximum atomic E-state index is 10.8. The van der Waals surface area contributed by atoms with Crippen LogP contribution in [0, 0.1) is 6.92 Å². The molecular formula is C14H16BrNO3. The zero-order valence-electron chi connectivity index (χ0n) is 11.0. The fourth-order valence-corrected chi connectivity index (χ4v) is 3.36. The first-order valence-electron chi connectivity index (χ1n) is 6.21. The van der Waals surface area contributed by atoms with Gasteiger partial charge < -0.3 is 9.84 Å². The van der Waals surface area contributed by atoms with Gasteiger partial charge in [0.25, 0.3) is 0 Å². The minimum Gasteiger partial charge on any atom is -0.504 e. The molecule has 102 valence electrons. The highest BCUT2D eigenvalue weighted by molar-refractivity contribution is 9.10. The average Bonchev–Trinajstić information content (AvgIpc) is 2.83. The van der Waals surface area contributed by atoms with Crippen molar-refractivity contribution in [2.45, 2.75) is 38.1 Å². The van der Waals surface area contributed by atoms with Crippen molar-refractivity contribution in [1.82, 2.24) is 0 Å². The summed E-state index contributed by atoms with van der Waals surface area (Å²) in [4.78, 5) is 14.9. The highest BCUT2D eigenvalue weighted by Gasteiger charge is 2.40. The topological polar surface area (TPSA) is 58.9 Å². The predicted molar refractivity (Wildman–Crippen MR) is 75.4 cm³/mol. The molecule has 1 aromatic rings. The summed E-state index contributed by atoms with van der Waals surface area (Å²) >= 11 is 3.43. The normalized spacial score (nSPS) is 17.0. The molecule has 1 aliphatic carbocycles. The number of isocyanates is 1. The van der Waals surface area contributed by atoms with Gasteiger partial charge in [0.2, 0.25) is 6.08 Å². The van der Waals surface area contributed by atoms with Gasteiger partial charge in [-0.1, -0.05) is 28.8 Å². The molecule has 0 atom stereocenters. The number of phenolic OH excluding ortho intramolecular Hbond substituents is 1. The molecule has 0 aliphatic heterocycles. The molecular weight excluding hydrogens is 310 g/mol. The Bertz CT molecular complexity index is 544. The Hall–Kier alpha value is -1.32. The first-order chi connectivity index (χ1) is 9.05. The number of ether oxygens (including phenoxy) is 1. The number of rotatable bonds is 3. The summed E-state index contributed by atoms with van der Waals surface area (Å²) in [6.45, 7) is 1.93. The second-order valence-corrected chi connectivity index (χ2v) is 5.71. The molecule has 1 aromatic carbocycles. The lowest BCUT2D eigenvalue weighted by Gasteiger charge is -2.28. The smallest absolute Gasteiger partial charge is 0.235 e. The standard InChI is InChI=1S/C14H16BrNO3/c1-9-10(15)7-11(18)13(19-2)12(9)14(16-8-17)5-3-4-6-14/h7,18H,3-6H2,1-2H3. The van der Waals surface area contributed by atoms with Crippen molar-refractivity contribution in [3.05, 3.63) is 21.7 Å². The third kappa shape index (κ3) is 2.28. The van der Waals surface area contributed by atoms with E-state index in [1.807, 2.05) is 6.92 Å². The molecule has 1 aliphatic rings. The van der Waals surface area contributed by atoms with Gasteiger partial charge in [0.15, 0.2) is 11.5 Å². The van der Waals surface area contributed by atoms with E-state index in [1.165, 1.54) is 7.11 Å². The number of carbonyl (C=O) groups excluding carboxylic acids is 1. The minimum atomic E-state index is -0.613. The van der Waals surface area contributed by atoms with E-state index in [0.29, 0.717) is 5.75 Å². The van der Waals surface area contributed by atoms with Crippen LogP contribution in [0.1, 0.15) is 36.8 Å². The minimum absolute atomic E-state index is 0.0577. The van der Waals surface area contributed by atoms with Crippen LogP contribution < -0.4 is 4.74 Å². The third-order valence-electron chi connectivity index (χ3n) is 3.82. The molecule has 1 N–H and O–H groups in total. The van der Waals surface area contributed by atoms with Crippen molar-refractivity contribution in [2.24, 2.45) is 4.99 Å². The molecule has 0 saturated heterocycles. The Morgan fingerprint density at radius 2 is 2.11 bits per heavy atom. The van der Waals surface area contributed by atoms with Crippen molar-refractivity contribution >= 4 is 22.0 Å². The zero-order chi connectivity index (χ0) is 14.0. The molecule has 2 rings (SSSR count). The molecule has 0 heterocycles. The number of benzene rings is 1. The molecule has 0 bridgehead atoms. The summed E-state index contributed by atoms with van der Waals surface area (Å²) in [6, 6.07) is 1.60. The fraction of sp³-hybridized carbons (Fsp3) is 0.500. The first kappa shape index (κ1) is 14.1. The van der Waals surface area contributed by atoms with E-state index < -0.39 is 5.54 Å². The molecule has 0 radical (unpaired) electrons. The molecule has 19 heavy (non-hydrogen) atoms. The largest absolute Gasteiger partial charge is 0.504 e. The summed E-state index contributed by atoms with van der Waals surface area (Å²) in [5.74, 6) is 0.462. The molecule has 0 aromatic heterocycles. The number of hydrogen-bond acceptors (Lipinski definition) is 4. The van der Waals surface area contributed by atoms with Crippen molar-refractivity contribution in [1.29, 1.82) is 0 Å². The number of aromatic hydroxyl groups is 1.